The number of ether oxygens (including phenoxy) is 1. The van der Waals surface area contributed by atoms with Crippen LogP contribution in [0.3, 0.4) is 0 Å². The highest BCUT2D eigenvalue weighted by atomic mass is 79.9. The zero-order valence-corrected chi connectivity index (χ0v) is 11.3. The lowest BCUT2D eigenvalue weighted by Gasteiger charge is -2.09. The average molecular weight is 293 g/mol. The Hall–Kier alpha value is -1.42. The Kier molecular flexibility index (Phi) is 3.74. The quantitative estimate of drug-likeness (QED) is 0.852. The number of nitrogens with zero attached hydrogens (tertiary/aromatic N) is 2. The highest BCUT2D eigenvalue weighted by molar-refractivity contribution is 9.10. The summed E-state index contributed by atoms with van der Waals surface area (Å²) in [5.74, 6) is 1.80. The fourth-order valence-corrected chi connectivity index (χ4v) is 1.73. The average Bonchev–Trinajstić information content (AvgIpc) is 2.32. The van der Waals surface area contributed by atoms with Gasteiger partial charge in [0.1, 0.15) is 12.1 Å². The number of aromatic nitrogens is 2. The molecule has 0 bridgehead atoms. The highest BCUT2D eigenvalue weighted by Gasteiger charge is 2.05. The van der Waals surface area contributed by atoms with Gasteiger partial charge in [0.2, 0.25) is 5.88 Å². The number of rotatable bonds is 3. The second-order valence-electron chi connectivity index (χ2n) is 4.01. The molecular weight excluding hydrogens is 280 g/mol. The summed E-state index contributed by atoms with van der Waals surface area (Å²) in [6, 6.07) is 8.02. The molecule has 3 nitrogen and oxygen atoms in total. The minimum atomic E-state index is 0.479. The second-order valence-corrected chi connectivity index (χ2v) is 4.86. The summed E-state index contributed by atoms with van der Waals surface area (Å²) >= 11 is 3.35. The maximum absolute atomic E-state index is 5.70. The van der Waals surface area contributed by atoms with Crippen molar-refractivity contribution in [3.05, 3.63) is 46.8 Å². The third kappa shape index (κ3) is 3.03. The van der Waals surface area contributed by atoms with E-state index in [-0.39, 0.29) is 0 Å². The second kappa shape index (κ2) is 5.27. The van der Waals surface area contributed by atoms with E-state index in [0.717, 1.165) is 10.2 Å². The van der Waals surface area contributed by atoms with E-state index in [4.69, 9.17) is 4.74 Å². The maximum Gasteiger partial charge on any atom is 0.236 e. The number of benzene rings is 1. The van der Waals surface area contributed by atoms with Crippen molar-refractivity contribution in [2.75, 3.05) is 0 Å². The molecular formula is C13H13BrN2O. The van der Waals surface area contributed by atoms with E-state index in [9.17, 15) is 0 Å². The molecule has 1 aromatic heterocycles. The van der Waals surface area contributed by atoms with Crippen LogP contribution in [0.2, 0.25) is 0 Å². The van der Waals surface area contributed by atoms with Crippen molar-refractivity contribution in [3.63, 3.8) is 0 Å². The van der Waals surface area contributed by atoms with Crippen LogP contribution in [0.5, 0.6) is 11.6 Å². The summed E-state index contributed by atoms with van der Waals surface area (Å²) in [7, 11) is 0. The van der Waals surface area contributed by atoms with Crippen LogP contribution in [0.15, 0.2) is 41.3 Å². The van der Waals surface area contributed by atoms with Gasteiger partial charge in [-0.15, -0.1) is 0 Å². The van der Waals surface area contributed by atoms with E-state index in [1.54, 1.807) is 6.20 Å². The first-order valence-electron chi connectivity index (χ1n) is 5.40. The van der Waals surface area contributed by atoms with Crippen LogP contribution in [0.25, 0.3) is 0 Å². The topological polar surface area (TPSA) is 35.0 Å². The third-order valence-electron chi connectivity index (χ3n) is 2.37. The summed E-state index contributed by atoms with van der Waals surface area (Å²) in [6.45, 7) is 4.30. The van der Waals surface area contributed by atoms with Crippen molar-refractivity contribution in [1.29, 1.82) is 0 Å². The molecule has 2 aromatic rings. The van der Waals surface area contributed by atoms with Crippen LogP contribution in [-0.2, 0) is 0 Å². The molecule has 0 amide bonds. The number of halogens is 1. The van der Waals surface area contributed by atoms with Crippen LogP contribution in [0.4, 0.5) is 0 Å². The largest absolute Gasteiger partial charge is 0.438 e. The maximum atomic E-state index is 5.70. The molecule has 0 aliphatic rings. The van der Waals surface area contributed by atoms with E-state index in [1.165, 1.54) is 11.9 Å². The molecule has 0 radical (unpaired) electrons. The molecule has 0 aliphatic heterocycles. The molecule has 1 heterocycles. The Labute approximate surface area is 109 Å². The van der Waals surface area contributed by atoms with Gasteiger partial charge in [-0.2, -0.15) is 0 Å². The van der Waals surface area contributed by atoms with Gasteiger partial charge in [0.05, 0.1) is 4.47 Å². The van der Waals surface area contributed by atoms with Crippen molar-refractivity contribution < 1.29 is 4.74 Å². The predicted molar refractivity (Wildman–Crippen MR) is 70.3 cm³/mol. The van der Waals surface area contributed by atoms with Gasteiger partial charge in [0, 0.05) is 6.20 Å². The highest BCUT2D eigenvalue weighted by Crippen LogP contribution is 2.28. The first-order valence-corrected chi connectivity index (χ1v) is 6.19. The molecule has 88 valence electrons. The smallest absolute Gasteiger partial charge is 0.236 e. The molecule has 17 heavy (non-hydrogen) atoms. The molecule has 0 N–H and O–H groups in total. The van der Waals surface area contributed by atoms with Crippen molar-refractivity contribution >= 4 is 15.9 Å². The Morgan fingerprint density at radius 2 is 2.12 bits per heavy atom. The van der Waals surface area contributed by atoms with E-state index in [0.29, 0.717) is 11.8 Å². The Balaban J connectivity index is 2.25. The first kappa shape index (κ1) is 12.0. The molecule has 0 aliphatic carbocycles. The van der Waals surface area contributed by atoms with Gasteiger partial charge < -0.3 is 4.74 Å². The molecule has 0 spiro atoms. The molecule has 1 aromatic carbocycles. The summed E-state index contributed by atoms with van der Waals surface area (Å²) in [4.78, 5) is 7.96. The van der Waals surface area contributed by atoms with Crippen LogP contribution in [-0.4, -0.2) is 9.97 Å². The van der Waals surface area contributed by atoms with E-state index in [1.807, 2.05) is 18.2 Å². The fourth-order valence-electron chi connectivity index (χ4n) is 1.43. The molecule has 0 unspecified atom stereocenters. The van der Waals surface area contributed by atoms with Gasteiger partial charge in [0.15, 0.2) is 0 Å². The van der Waals surface area contributed by atoms with Gasteiger partial charge in [-0.1, -0.05) is 26.0 Å². The van der Waals surface area contributed by atoms with Crippen LogP contribution >= 0.6 is 15.9 Å². The summed E-state index contributed by atoms with van der Waals surface area (Å²) < 4.78 is 6.45. The molecule has 2 rings (SSSR count). The number of hydrogen-bond acceptors (Lipinski definition) is 3. The Morgan fingerprint density at radius 1 is 1.29 bits per heavy atom. The van der Waals surface area contributed by atoms with E-state index < -0.39 is 0 Å². The lowest BCUT2D eigenvalue weighted by atomic mass is 10.0. The third-order valence-corrected chi connectivity index (χ3v) is 2.92. The van der Waals surface area contributed by atoms with Gasteiger partial charge in [-0.3, -0.25) is 0 Å². The van der Waals surface area contributed by atoms with Gasteiger partial charge in [-0.25, -0.2) is 9.97 Å². The van der Waals surface area contributed by atoms with Crippen LogP contribution in [0, 0.1) is 0 Å². The van der Waals surface area contributed by atoms with Crippen LogP contribution < -0.4 is 4.74 Å². The summed E-state index contributed by atoms with van der Waals surface area (Å²) in [6.07, 6.45) is 3.13. The molecule has 0 atom stereocenters. The van der Waals surface area contributed by atoms with Crippen molar-refractivity contribution in [2.45, 2.75) is 19.8 Å². The van der Waals surface area contributed by atoms with Gasteiger partial charge >= 0.3 is 0 Å². The lowest BCUT2D eigenvalue weighted by molar-refractivity contribution is 0.457. The lowest BCUT2D eigenvalue weighted by Crippen LogP contribution is -1.92. The van der Waals surface area contributed by atoms with E-state index >= 15 is 0 Å². The summed E-state index contributed by atoms with van der Waals surface area (Å²) in [5, 5.41) is 0. The minimum Gasteiger partial charge on any atom is -0.438 e. The van der Waals surface area contributed by atoms with Crippen LogP contribution in [0.1, 0.15) is 25.3 Å². The first-order chi connectivity index (χ1) is 8.16. The molecule has 0 saturated carbocycles. The van der Waals surface area contributed by atoms with Crippen molar-refractivity contribution in [1.82, 2.24) is 9.97 Å². The predicted octanol–water partition coefficient (Wildman–Crippen LogP) is 4.15. The standard InChI is InChI=1S/C13H13BrN2O/c1-9(2)10-4-3-5-11(6-10)17-13-12(14)7-15-8-16-13/h3-9H,1-2H3. The zero-order valence-electron chi connectivity index (χ0n) is 9.72. The molecule has 0 saturated heterocycles. The Bertz CT molecular complexity index is 514. The minimum absolute atomic E-state index is 0.479. The summed E-state index contributed by atoms with van der Waals surface area (Å²) in [5.41, 5.74) is 1.24. The number of hydrogen-bond donors (Lipinski definition) is 0. The van der Waals surface area contributed by atoms with Gasteiger partial charge in [0.25, 0.3) is 0 Å². The van der Waals surface area contributed by atoms with Crippen molar-refractivity contribution in [2.24, 2.45) is 0 Å². The normalized spacial score (nSPS) is 10.6. The SMILES string of the molecule is CC(C)c1cccc(Oc2ncncc2Br)c1. The molecule has 0 fully saturated rings. The monoisotopic (exact) mass is 292 g/mol. The Morgan fingerprint density at radius 3 is 2.82 bits per heavy atom. The van der Waals surface area contributed by atoms with Gasteiger partial charge in [-0.05, 0) is 39.5 Å². The zero-order chi connectivity index (χ0) is 12.3. The van der Waals surface area contributed by atoms with E-state index in [2.05, 4.69) is 45.8 Å². The molecule has 4 heteroatoms. The fraction of sp³-hybridized carbons (Fsp3) is 0.231. The van der Waals surface area contributed by atoms with Crippen molar-refractivity contribution in [3.8, 4) is 11.6 Å².